The second kappa shape index (κ2) is 8.81. The van der Waals surface area contributed by atoms with Crippen LogP contribution in [0.3, 0.4) is 0 Å². The van der Waals surface area contributed by atoms with E-state index in [1.807, 2.05) is 24.3 Å². The van der Waals surface area contributed by atoms with Crippen molar-refractivity contribution in [2.24, 2.45) is 4.99 Å². The third-order valence-electron chi connectivity index (χ3n) is 3.80. The number of hydrogen-bond acceptors (Lipinski definition) is 4. The lowest BCUT2D eigenvalue weighted by molar-refractivity contribution is -0.128. The number of amides is 2. The van der Waals surface area contributed by atoms with Crippen LogP contribution in [0.4, 0.5) is 11.4 Å². The number of halogens is 3. The summed E-state index contributed by atoms with van der Waals surface area (Å²) in [6.07, 6.45) is 0.0973. The zero-order valence-electron chi connectivity index (χ0n) is 14.1. The first-order chi connectivity index (χ1) is 12.8. The molecule has 1 saturated heterocycles. The van der Waals surface area contributed by atoms with Gasteiger partial charge in [0, 0.05) is 22.7 Å². The number of benzene rings is 2. The Kier molecular flexibility index (Phi) is 6.67. The Balaban J connectivity index is 1.77. The Morgan fingerprint density at radius 1 is 1.22 bits per heavy atom. The molecular weight excluding hydrogens is 520 g/mol. The van der Waals surface area contributed by atoms with E-state index in [0.29, 0.717) is 20.9 Å². The number of rotatable bonds is 3. The molecule has 0 bridgehead atoms. The Hall–Kier alpha value is -1.29. The molecule has 0 aromatic heterocycles. The van der Waals surface area contributed by atoms with Crippen LogP contribution in [-0.2, 0) is 9.59 Å². The molecule has 2 aromatic rings. The molecule has 0 spiro atoms. The summed E-state index contributed by atoms with van der Waals surface area (Å²) < 4.78 is 1.09. The zero-order valence-corrected chi connectivity index (χ0v) is 18.6. The lowest BCUT2D eigenvalue weighted by Crippen LogP contribution is -2.43. The van der Waals surface area contributed by atoms with Gasteiger partial charge < -0.3 is 5.32 Å². The highest BCUT2D eigenvalue weighted by molar-refractivity contribution is 14.1. The van der Waals surface area contributed by atoms with Crippen molar-refractivity contribution in [1.29, 1.82) is 0 Å². The molecule has 1 aliphatic rings. The fourth-order valence-electron chi connectivity index (χ4n) is 2.32. The summed E-state index contributed by atoms with van der Waals surface area (Å²) >= 11 is 15.3. The molecule has 27 heavy (non-hydrogen) atoms. The SMILES string of the molecule is CN1C(=O)CC(C(=O)Nc2ccc(Cl)c(Cl)c2)SC1=Nc1ccc(I)cc1. The van der Waals surface area contributed by atoms with Gasteiger partial charge in [-0.3, -0.25) is 14.5 Å². The Bertz CT molecular complexity index is 921. The minimum absolute atomic E-state index is 0.0973. The smallest absolute Gasteiger partial charge is 0.238 e. The maximum absolute atomic E-state index is 12.6. The Labute approximate surface area is 184 Å². The molecule has 0 radical (unpaired) electrons. The summed E-state index contributed by atoms with van der Waals surface area (Å²) in [6, 6.07) is 12.4. The monoisotopic (exact) mass is 533 g/mol. The molecule has 0 saturated carbocycles. The zero-order chi connectivity index (χ0) is 19.6. The highest BCUT2D eigenvalue weighted by Gasteiger charge is 2.34. The van der Waals surface area contributed by atoms with Crippen molar-refractivity contribution in [3.05, 3.63) is 56.1 Å². The Morgan fingerprint density at radius 3 is 2.59 bits per heavy atom. The molecule has 1 aliphatic heterocycles. The van der Waals surface area contributed by atoms with Crippen molar-refractivity contribution >= 4 is 85.9 Å². The molecule has 0 aliphatic carbocycles. The minimum Gasteiger partial charge on any atom is -0.325 e. The highest BCUT2D eigenvalue weighted by Crippen LogP contribution is 2.30. The first-order valence-corrected chi connectivity index (χ1v) is 10.6. The molecule has 5 nitrogen and oxygen atoms in total. The van der Waals surface area contributed by atoms with Crippen LogP contribution >= 0.6 is 57.6 Å². The van der Waals surface area contributed by atoms with Crippen molar-refractivity contribution in [2.75, 3.05) is 12.4 Å². The molecule has 9 heteroatoms. The predicted octanol–water partition coefficient (Wildman–Crippen LogP) is 5.19. The number of nitrogens with one attached hydrogen (secondary N) is 1. The second-order valence-corrected chi connectivity index (χ2v) is 8.98. The number of anilines is 1. The van der Waals surface area contributed by atoms with Gasteiger partial charge in [0.05, 0.1) is 15.7 Å². The number of amidine groups is 1. The van der Waals surface area contributed by atoms with Crippen LogP contribution in [0.5, 0.6) is 0 Å². The predicted molar refractivity (Wildman–Crippen MR) is 120 cm³/mol. The van der Waals surface area contributed by atoms with Gasteiger partial charge in [0.25, 0.3) is 0 Å². The first-order valence-electron chi connectivity index (χ1n) is 7.87. The van der Waals surface area contributed by atoms with Crippen molar-refractivity contribution in [1.82, 2.24) is 4.90 Å². The van der Waals surface area contributed by atoms with Crippen LogP contribution in [0, 0.1) is 3.57 Å². The van der Waals surface area contributed by atoms with E-state index in [0.717, 1.165) is 9.26 Å². The third-order valence-corrected chi connectivity index (χ3v) is 6.50. The van der Waals surface area contributed by atoms with Gasteiger partial charge in [-0.15, -0.1) is 0 Å². The van der Waals surface area contributed by atoms with Crippen molar-refractivity contribution in [3.8, 4) is 0 Å². The van der Waals surface area contributed by atoms with E-state index in [1.54, 1.807) is 25.2 Å². The van der Waals surface area contributed by atoms with E-state index >= 15 is 0 Å². The molecule has 1 atom stereocenters. The largest absolute Gasteiger partial charge is 0.325 e. The number of nitrogens with zero attached hydrogens (tertiary/aromatic N) is 2. The second-order valence-electron chi connectivity index (χ2n) is 5.75. The summed E-state index contributed by atoms with van der Waals surface area (Å²) in [7, 11) is 1.66. The van der Waals surface area contributed by atoms with E-state index < -0.39 is 5.25 Å². The standard InChI is InChI=1S/C18H14Cl2IN3O2S/c1-24-16(25)9-15(17(26)22-12-6-7-13(19)14(20)8-12)27-18(24)23-11-4-2-10(21)3-5-11/h2-8,15H,9H2,1H3,(H,22,26). The van der Waals surface area contributed by atoms with Crippen molar-refractivity contribution in [3.63, 3.8) is 0 Å². The molecule has 1 N–H and O–H groups in total. The van der Waals surface area contributed by atoms with Crippen LogP contribution in [0.1, 0.15) is 6.42 Å². The van der Waals surface area contributed by atoms with Crippen LogP contribution < -0.4 is 5.32 Å². The molecule has 1 unspecified atom stereocenters. The highest BCUT2D eigenvalue weighted by atomic mass is 127. The fourth-order valence-corrected chi connectivity index (χ4v) is 4.04. The Morgan fingerprint density at radius 2 is 1.93 bits per heavy atom. The maximum Gasteiger partial charge on any atom is 0.238 e. The summed E-state index contributed by atoms with van der Waals surface area (Å²) in [4.78, 5) is 30.9. The number of hydrogen-bond donors (Lipinski definition) is 1. The average molecular weight is 534 g/mol. The molecular formula is C18H14Cl2IN3O2S. The molecule has 1 fully saturated rings. The first kappa shape index (κ1) is 20.4. The van der Waals surface area contributed by atoms with Gasteiger partial charge in [-0.05, 0) is 65.1 Å². The molecule has 2 amide bonds. The summed E-state index contributed by atoms with van der Waals surface area (Å²) in [5, 5.41) is 3.44. The van der Waals surface area contributed by atoms with E-state index in [9.17, 15) is 9.59 Å². The van der Waals surface area contributed by atoms with Crippen molar-refractivity contribution in [2.45, 2.75) is 11.7 Å². The third kappa shape index (κ3) is 5.16. The van der Waals surface area contributed by atoms with Gasteiger partial charge in [-0.1, -0.05) is 35.0 Å². The van der Waals surface area contributed by atoms with Crippen LogP contribution in [-0.4, -0.2) is 34.2 Å². The molecule has 140 valence electrons. The normalized spacial score (nSPS) is 18.7. The van der Waals surface area contributed by atoms with E-state index in [4.69, 9.17) is 23.2 Å². The average Bonchev–Trinajstić information content (AvgIpc) is 2.63. The van der Waals surface area contributed by atoms with Gasteiger partial charge in [-0.2, -0.15) is 0 Å². The van der Waals surface area contributed by atoms with E-state index in [-0.39, 0.29) is 18.2 Å². The summed E-state index contributed by atoms with van der Waals surface area (Å²) in [6.45, 7) is 0. The topological polar surface area (TPSA) is 61.8 Å². The van der Waals surface area contributed by atoms with Gasteiger partial charge in [0.2, 0.25) is 11.8 Å². The number of aliphatic imine (C=N–C) groups is 1. The van der Waals surface area contributed by atoms with E-state index in [1.165, 1.54) is 16.7 Å². The molecule has 3 rings (SSSR count). The van der Waals surface area contributed by atoms with Gasteiger partial charge in [0.15, 0.2) is 5.17 Å². The van der Waals surface area contributed by atoms with E-state index in [2.05, 4.69) is 32.9 Å². The van der Waals surface area contributed by atoms with Crippen LogP contribution in [0.25, 0.3) is 0 Å². The maximum atomic E-state index is 12.6. The summed E-state index contributed by atoms with van der Waals surface area (Å²) in [5.74, 6) is -0.442. The quantitative estimate of drug-likeness (QED) is 0.552. The van der Waals surface area contributed by atoms with Crippen LogP contribution in [0.2, 0.25) is 10.0 Å². The van der Waals surface area contributed by atoms with Gasteiger partial charge in [0.1, 0.15) is 5.25 Å². The number of carbonyl (C=O) groups excluding carboxylic acids is 2. The number of thioether (sulfide) groups is 1. The molecule has 2 aromatic carbocycles. The lowest BCUT2D eigenvalue weighted by atomic mass is 10.2. The van der Waals surface area contributed by atoms with Crippen molar-refractivity contribution < 1.29 is 9.59 Å². The number of carbonyl (C=O) groups is 2. The molecule has 1 heterocycles. The summed E-state index contributed by atoms with van der Waals surface area (Å²) in [5.41, 5.74) is 1.25. The van der Waals surface area contributed by atoms with Gasteiger partial charge in [-0.25, -0.2) is 4.99 Å². The lowest BCUT2D eigenvalue weighted by Gasteiger charge is -2.28. The van der Waals surface area contributed by atoms with Gasteiger partial charge >= 0.3 is 0 Å². The minimum atomic E-state index is -0.578. The fraction of sp³-hybridized carbons (Fsp3) is 0.167. The van der Waals surface area contributed by atoms with Crippen LogP contribution in [0.15, 0.2) is 47.5 Å².